The van der Waals surface area contributed by atoms with Crippen LogP contribution in [0.5, 0.6) is 0 Å². The Hall–Kier alpha value is -2.50. The Bertz CT molecular complexity index is 684. The smallest absolute Gasteiger partial charge is 0.340 e. The fourth-order valence-electron chi connectivity index (χ4n) is 2.40. The maximum absolute atomic E-state index is 12.3. The van der Waals surface area contributed by atoms with Gasteiger partial charge in [-0.15, -0.1) is 0 Å². The monoisotopic (exact) mass is 318 g/mol. The third-order valence-corrected chi connectivity index (χ3v) is 3.45. The predicted molar refractivity (Wildman–Crippen MR) is 85.6 cm³/mol. The number of ether oxygens (including phenoxy) is 1. The molecule has 0 saturated carbocycles. The molecule has 6 heteroatoms. The summed E-state index contributed by atoms with van der Waals surface area (Å²) >= 11 is 0. The van der Waals surface area contributed by atoms with Gasteiger partial charge in [-0.05, 0) is 45.4 Å². The Morgan fingerprint density at radius 2 is 2.09 bits per heavy atom. The van der Waals surface area contributed by atoms with Crippen molar-refractivity contribution in [3.05, 3.63) is 46.7 Å². The Kier molecular flexibility index (Phi) is 5.26. The van der Waals surface area contributed by atoms with Gasteiger partial charge in [-0.2, -0.15) is 0 Å². The third kappa shape index (κ3) is 4.03. The highest BCUT2D eigenvalue weighted by atomic mass is 16.5. The summed E-state index contributed by atoms with van der Waals surface area (Å²) in [4.78, 5) is 27.4. The lowest BCUT2D eigenvalue weighted by Crippen LogP contribution is -2.26. The van der Waals surface area contributed by atoms with Crippen molar-refractivity contribution in [2.75, 3.05) is 6.54 Å². The van der Waals surface area contributed by atoms with Crippen LogP contribution in [0, 0.1) is 13.8 Å². The number of rotatable bonds is 6. The van der Waals surface area contributed by atoms with Crippen LogP contribution in [0.4, 0.5) is 0 Å². The van der Waals surface area contributed by atoms with E-state index in [0.29, 0.717) is 35.5 Å². The summed E-state index contributed by atoms with van der Waals surface area (Å²) in [6.07, 6.45) is 2.00. The van der Waals surface area contributed by atoms with E-state index in [1.807, 2.05) is 12.1 Å². The van der Waals surface area contributed by atoms with Gasteiger partial charge in [0.25, 0.3) is 5.91 Å². The molecule has 2 aromatic heterocycles. The van der Waals surface area contributed by atoms with Crippen LogP contribution >= 0.6 is 0 Å². The zero-order chi connectivity index (χ0) is 17.0. The van der Waals surface area contributed by atoms with Gasteiger partial charge in [-0.3, -0.25) is 4.79 Å². The van der Waals surface area contributed by atoms with Crippen molar-refractivity contribution in [1.82, 2.24) is 10.3 Å². The van der Waals surface area contributed by atoms with Crippen LogP contribution in [-0.4, -0.2) is 29.5 Å². The molecular weight excluding hydrogens is 296 g/mol. The summed E-state index contributed by atoms with van der Waals surface area (Å²) in [5.74, 6) is 0.146. The lowest BCUT2D eigenvalue weighted by Gasteiger charge is -2.08. The Morgan fingerprint density at radius 3 is 2.70 bits per heavy atom. The summed E-state index contributed by atoms with van der Waals surface area (Å²) in [5.41, 5.74) is 2.04. The Labute approximate surface area is 135 Å². The maximum atomic E-state index is 12.3. The average Bonchev–Trinajstić information content (AvgIpc) is 3.06. The van der Waals surface area contributed by atoms with E-state index in [-0.39, 0.29) is 12.0 Å². The molecule has 23 heavy (non-hydrogen) atoms. The van der Waals surface area contributed by atoms with Gasteiger partial charge in [0.15, 0.2) is 0 Å². The number of hydrogen-bond acceptors (Lipinski definition) is 4. The van der Waals surface area contributed by atoms with Crippen LogP contribution in [0.15, 0.2) is 22.8 Å². The lowest BCUT2D eigenvalue weighted by atomic mass is 10.1. The first-order chi connectivity index (χ1) is 10.9. The van der Waals surface area contributed by atoms with Crippen LogP contribution in [0.25, 0.3) is 0 Å². The van der Waals surface area contributed by atoms with Crippen LogP contribution in [0.2, 0.25) is 0 Å². The van der Waals surface area contributed by atoms with Crippen molar-refractivity contribution < 1.29 is 18.7 Å². The first kappa shape index (κ1) is 16.9. The van der Waals surface area contributed by atoms with Crippen molar-refractivity contribution in [3.8, 4) is 0 Å². The molecule has 0 fully saturated rings. The van der Waals surface area contributed by atoms with Crippen LogP contribution in [0.1, 0.15) is 51.7 Å². The van der Waals surface area contributed by atoms with Gasteiger partial charge < -0.3 is 19.5 Å². The summed E-state index contributed by atoms with van der Waals surface area (Å²) in [5, 5.41) is 2.82. The van der Waals surface area contributed by atoms with Crippen molar-refractivity contribution in [1.29, 1.82) is 0 Å². The van der Waals surface area contributed by atoms with E-state index in [0.717, 1.165) is 5.76 Å². The molecule has 2 rings (SSSR count). The molecule has 0 aliphatic carbocycles. The fraction of sp³-hybridized carbons (Fsp3) is 0.412. The van der Waals surface area contributed by atoms with E-state index in [2.05, 4.69) is 10.3 Å². The second-order valence-electron chi connectivity index (χ2n) is 5.66. The number of aryl methyl sites for hydroxylation is 1. The number of nitrogens with one attached hydrogen (secondary N) is 2. The highest BCUT2D eigenvalue weighted by molar-refractivity contribution is 6.00. The van der Waals surface area contributed by atoms with Gasteiger partial charge in [-0.25, -0.2) is 4.79 Å². The van der Waals surface area contributed by atoms with Gasteiger partial charge in [0.1, 0.15) is 11.5 Å². The molecule has 2 heterocycles. The molecule has 0 aliphatic heterocycles. The van der Waals surface area contributed by atoms with Gasteiger partial charge in [0.2, 0.25) is 0 Å². The molecular formula is C17H22N2O4. The van der Waals surface area contributed by atoms with Gasteiger partial charge >= 0.3 is 5.97 Å². The van der Waals surface area contributed by atoms with E-state index in [4.69, 9.17) is 9.15 Å². The number of amides is 1. The minimum absolute atomic E-state index is 0.207. The maximum Gasteiger partial charge on any atom is 0.340 e. The molecule has 0 bridgehead atoms. The number of hydrogen-bond donors (Lipinski definition) is 2. The largest absolute Gasteiger partial charge is 0.469 e. The fourth-order valence-corrected chi connectivity index (χ4v) is 2.40. The standard InChI is InChI=1S/C17H22N2O4/c1-10(2)23-17(21)14-11(3)15(19-12(14)4)16(20)18-8-7-13-6-5-9-22-13/h5-6,9-10,19H,7-8H2,1-4H3,(H,18,20). The summed E-state index contributed by atoms with van der Waals surface area (Å²) in [6.45, 7) is 7.52. The molecule has 0 radical (unpaired) electrons. The number of carbonyl (C=O) groups is 2. The molecule has 6 nitrogen and oxygen atoms in total. The number of carbonyl (C=O) groups excluding carboxylic acids is 2. The summed E-state index contributed by atoms with van der Waals surface area (Å²) < 4.78 is 10.4. The van der Waals surface area contributed by atoms with Gasteiger partial charge in [0, 0.05) is 18.7 Å². The number of furan rings is 1. The lowest BCUT2D eigenvalue weighted by molar-refractivity contribution is 0.0376. The quantitative estimate of drug-likeness (QED) is 0.802. The minimum atomic E-state index is -0.416. The van der Waals surface area contributed by atoms with Crippen molar-refractivity contribution in [3.63, 3.8) is 0 Å². The summed E-state index contributed by atoms with van der Waals surface area (Å²) in [6, 6.07) is 3.67. The zero-order valence-corrected chi connectivity index (χ0v) is 13.9. The molecule has 124 valence electrons. The summed E-state index contributed by atoms with van der Waals surface area (Å²) in [7, 11) is 0. The second kappa shape index (κ2) is 7.17. The van der Waals surface area contributed by atoms with E-state index in [1.165, 1.54) is 0 Å². The second-order valence-corrected chi connectivity index (χ2v) is 5.66. The molecule has 0 unspecified atom stereocenters. The molecule has 1 amide bonds. The molecule has 0 spiro atoms. The number of aromatic amines is 1. The first-order valence-corrected chi connectivity index (χ1v) is 7.61. The average molecular weight is 318 g/mol. The SMILES string of the molecule is Cc1[nH]c(C(=O)NCCc2ccco2)c(C)c1C(=O)OC(C)C. The van der Waals surface area contributed by atoms with E-state index >= 15 is 0 Å². The van der Waals surface area contributed by atoms with Crippen molar-refractivity contribution in [2.45, 2.75) is 40.2 Å². The number of H-pyrrole nitrogens is 1. The topological polar surface area (TPSA) is 84.3 Å². The van der Waals surface area contributed by atoms with E-state index in [9.17, 15) is 9.59 Å². The first-order valence-electron chi connectivity index (χ1n) is 7.61. The van der Waals surface area contributed by atoms with Crippen LogP contribution in [-0.2, 0) is 11.2 Å². The van der Waals surface area contributed by atoms with Crippen molar-refractivity contribution in [2.24, 2.45) is 0 Å². The Morgan fingerprint density at radius 1 is 1.35 bits per heavy atom. The molecule has 2 N–H and O–H groups in total. The highest BCUT2D eigenvalue weighted by Crippen LogP contribution is 2.19. The van der Waals surface area contributed by atoms with E-state index in [1.54, 1.807) is 34.0 Å². The molecule has 0 atom stereocenters. The van der Waals surface area contributed by atoms with Crippen LogP contribution in [0.3, 0.4) is 0 Å². The highest BCUT2D eigenvalue weighted by Gasteiger charge is 2.23. The minimum Gasteiger partial charge on any atom is -0.469 e. The molecule has 0 saturated heterocycles. The predicted octanol–water partition coefficient (Wildman–Crippen LogP) is 2.76. The van der Waals surface area contributed by atoms with Gasteiger partial charge in [0.05, 0.1) is 17.9 Å². The van der Waals surface area contributed by atoms with Crippen molar-refractivity contribution >= 4 is 11.9 Å². The third-order valence-electron chi connectivity index (χ3n) is 3.45. The van der Waals surface area contributed by atoms with Gasteiger partial charge in [-0.1, -0.05) is 0 Å². The molecule has 2 aromatic rings. The normalized spacial score (nSPS) is 10.8. The molecule has 0 aromatic carbocycles. The van der Waals surface area contributed by atoms with E-state index < -0.39 is 5.97 Å². The van der Waals surface area contributed by atoms with Crippen LogP contribution < -0.4 is 5.32 Å². The number of aromatic nitrogens is 1. The molecule has 0 aliphatic rings. The zero-order valence-electron chi connectivity index (χ0n) is 13.9. The number of esters is 1. The Balaban J connectivity index is 2.04.